The minimum Gasteiger partial charge on any atom is -0.480 e. The van der Waals surface area contributed by atoms with Gasteiger partial charge in [-0.05, 0) is 18.1 Å². The monoisotopic (exact) mass is 287 g/mol. The van der Waals surface area contributed by atoms with Crippen LogP contribution in [0.2, 0.25) is 10.0 Å². The molecule has 1 aromatic carbocycles. The summed E-state index contributed by atoms with van der Waals surface area (Å²) in [6.07, 6.45) is 0.599. The van der Waals surface area contributed by atoms with E-state index in [0.29, 0.717) is 22.0 Å². The van der Waals surface area contributed by atoms with Crippen molar-refractivity contribution in [1.82, 2.24) is 4.90 Å². The van der Waals surface area contributed by atoms with Gasteiger partial charge in [0.2, 0.25) is 5.91 Å². The zero-order valence-electron chi connectivity index (χ0n) is 9.40. The first-order valence-electron chi connectivity index (χ1n) is 5.46. The topological polar surface area (TPSA) is 57.6 Å². The summed E-state index contributed by atoms with van der Waals surface area (Å²) < 4.78 is 0. The number of carbonyl (C=O) groups excluding carboxylic acids is 1. The molecular weight excluding hydrogens is 277 g/mol. The largest absolute Gasteiger partial charge is 0.480 e. The zero-order chi connectivity index (χ0) is 13.3. The molecule has 2 rings (SSSR count). The Morgan fingerprint density at radius 2 is 2.17 bits per heavy atom. The zero-order valence-corrected chi connectivity index (χ0v) is 10.9. The number of hydrogen-bond donors (Lipinski definition) is 1. The van der Waals surface area contributed by atoms with Crippen LogP contribution in [-0.4, -0.2) is 27.9 Å². The van der Waals surface area contributed by atoms with Gasteiger partial charge in [-0.2, -0.15) is 0 Å². The Balaban J connectivity index is 2.24. The molecule has 1 aliphatic rings. The molecule has 1 atom stereocenters. The normalized spacial score (nSPS) is 19.3. The van der Waals surface area contributed by atoms with E-state index in [1.807, 2.05) is 0 Å². The lowest BCUT2D eigenvalue weighted by molar-refractivity contribution is -0.146. The quantitative estimate of drug-likeness (QED) is 0.930. The fourth-order valence-electron chi connectivity index (χ4n) is 2.04. The smallest absolute Gasteiger partial charge is 0.326 e. The second-order valence-corrected chi connectivity index (χ2v) is 4.91. The van der Waals surface area contributed by atoms with Crippen molar-refractivity contribution in [3.63, 3.8) is 0 Å². The number of amides is 1. The number of rotatable bonds is 3. The third kappa shape index (κ3) is 2.44. The summed E-state index contributed by atoms with van der Waals surface area (Å²) in [4.78, 5) is 24.1. The molecule has 0 aromatic heterocycles. The van der Waals surface area contributed by atoms with Gasteiger partial charge in [-0.3, -0.25) is 4.79 Å². The molecule has 0 aliphatic carbocycles. The van der Waals surface area contributed by atoms with Crippen molar-refractivity contribution in [2.24, 2.45) is 0 Å². The molecule has 0 spiro atoms. The highest BCUT2D eigenvalue weighted by Gasteiger charge is 2.36. The molecule has 1 saturated heterocycles. The van der Waals surface area contributed by atoms with Crippen molar-refractivity contribution in [3.05, 3.63) is 33.8 Å². The van der Waals surface area contributed by atoms with Crippen LogP contribution >= 0.6 is 23.2 Å². The average molecular weight is 288 g/mol. The number of carboxylic acid groups (broad SMARTS) is 1. The van der Waals surface area contributed by atoms with Crippen LogP contribution in [0.25, 0.3) is 0 Å². The van der Waals surface area contributed by atoms with Crippen molar-refractivity contribution in [3.8, 4) is 0 Å². The molecule has 0 radical (unpaired) electrons. The van der Waals surface area contributed by atoms with Crippen molar-refractivity contribution < 1.29 is 14.7 Å². The third-order valence-electron chi connectivity index (χ3n) is 2.99. The summed E-state index contributed by atoms with van der Waals surface area (Å²) in [7, 11) is 0. The predicted octanol–water partition coefficient (Wildman–Crippen LogP) is 2.57. The number of carbonyl (C=O) groups is 2. The minimum absolute atomic E-state index is 0.168. The van der Waals surface area contributed by atoms with E-state index in [1.165, 1.54) is 4.90 Å². The molecule has 1 aliphatic heterocycles. The van der Waals surface area contributed by atoms with E-state index >= 15 is 0 Å². The van der Waals surface area contributed by atoms with Crippen LogP contribution in [0.5, 0.6) is 0 Å². The van der Waals surface area contributed by atoms with E-state index in [9.17, 15) is 9.59 Å². The molecule has 18 heavy (non-hydrogen) atoms. The van der Waals surface area contributed by atoms with Crippen LogP contribution in [0, 0.1) is 0 Å². The van der Waals surface area contributed by atoms with Crippen LogP contribution < -0.4 is 0 Å². The number of hydrogen-bond acceptors (Lipinski definition) is 2. The molecule has 1 amide bonds. The molecule has 1 unspecified atom stereocenters. The van der Waals surface area contributed by atoms with Crippen LogP contribution in [0.3, 0.4) is 0 Å². The van der Waals surface area contributed by atoms with Gasteiger partial charge < -0.3 is 10.0 Å². The van der Waals surface area contributed by atoms with Crippen molar-refractivity contribution in [1.29, 1.82) is 0 Å². The Hall–Kier alpha value is -1.26. The van der Waals surface area contributed by atoms with E-state index in [-0.39, 0.29) is 18.9 Å². The summed E-state index contributed by atoms with van der Waals surface area (Å²) in [5.41, 5.74) is 0.658. The van der Waals surface area contributed by atoms with E-state index < -0.39 is 12.0 Å². The van der Waals surface area contributed by atoms with E-state index in [2.05, 4.69) is 0 Å². The van der Waals surface area contributed by atoms with Gasteiger partial charge in [0, 0.05) is 13.0 Å². The van der Waals surface area contributed by atoms with Crippen molar-refractivity contribution >= 4 is 35.1 Å². The van der Waals surface area contributed by atoms with E-state index in [1.54, 1.807) is 18.2 Å². The first-order chi connectivity index (χ1) is 8.50. The average Bonchev–Trinajstić information content (AvgIpc) is 2.67. The lowest BCUT2D eigenvalue weighted by Gasteiger charge is -2.22. The standard InChI is InChI=1S/C12H11Cl2NO3/c13-8-3-1-2-7(11(8)14)6-15-9(12(17)18)4-5-10(15)16/h1-3,9H,4-6H2,(H,17,18). The summed E-state index contributed by atoms with van der Waals surface area (Å²) >= 11 is 11.9. The minimum atomic E-state index is -0.987. The number of likely N-dealkylation sites (tertiary alicyclic amines) is 1. The van der Waals surface area contributed by atoms with Crippen molar-refractivity contribution in [2.75, 3.05) is 0 Å². The summed E-state index contributed by atoms with van der Waals surface area (Å²) in [5, 5.41) is 9.81. The van der Waals surface area contributed by atoms with E-state index in [0.717, 1.165) is 0 Å². The maximum atomic E-state index is 11.7. The molecule has 4 nitrogen and oxygen atoms in total. The molecule has 6 heteroatoms. The van der Waals surface area contributed by atoms with Crippen LogP contribution in [0.1, 0.15) is 18.4 Å². The first-order valence-corrected chi connectivity index (χ1v) is 6.21. The van der Waals surface area contributed by atoms with Crippen LogP contribution in [0.4, 0.5) is 0 Å². The number of nitrogens with zero attached hydrogens (tertiary/aromatic N) is 1. The Labute approximate surface area is 114 Å². The molecule has 1 aromatic rings. The molecule has 1 fully saturated rings. The second kappa shape index (κ2) is 5.16. The Bertz CT molecular complexity index is 504. The van der Waals surface area contributed by atoms with Gasteiger partial charge in [0.25, 0.3) is 0 Å². The molecule has 96 valence electrons. The number of aliphatic carboxylic acids is 1. The van der Waals surface area contributed by atoms with E-state index in [4.69, 9.17) is 28.3 Å². The highest BCUT2D eigenvalue weighted by Crippen LogP contribution is 2.29. The second-order valence-electron chi connectivity index (χ2n) is 4.13. The van der Waals surface area contributed by atoms with Gasteiger partial charge >= 0.3 is 5.97 Å². The number of halogens is 2. The van der Waals surface area contributed by atoms with Crippen LogP contribution in [0.15, 0.2) is 18.2 Å². The summed E-state index contributed by atoms with van der Waals surface area (Å²) in [6.45, 7) is 0.176. The highest BCUT2D eigenvalue weighted by atomic mass is 35.5. The maximum Gasteiger partial charge on any atom is 0.326 e. The fourth-order valence-corrected chi connectivity index (χ4v) is 2.42. The SMILES string of the molecule is O=C(O)C1CCC(=O)N1Cc1cccc(Cl)c1Cl. The highest BCUT2D eigenvalue weighted by molar-refractivity contribution is 6.42. The van der Waals surface area contributed by atoms with Gasteiger partial charge in [-0.1, -0.05) is 35.3 Å². The molecule has 0 bridgehead atoms. The Kier molecular flexibility index (Phi) is 3.78. The first kappa shape index (κ1) is 13.2. The van der Waals surface area contributed by atoms with Gasteiger partial charge in [0.15, 0.2) is 0 Å². The molecular formula is C12H11Cl2NO3. The lowest BCUT2D eigenvalue weighted by atomic mass is 10.2. The predicted molar refractivity (Wildman–Crippen MR) is 67.7 cm³/mol. The summed E-state index contributed by atoms with van der Waals surface area (Å²) in [5.74, 6) is -1.16. The Morgan fingerprint density at radius 1 is 1.44 bits per heavy atom. The third-order valence-corrected chi connectivity index (χ3v) is 3.84. The van der Waals surface area contributed by atoms with Gasteiger partial charge in [0.1, 0.15) is 6.04 Å². The molecule has 1 N–H and O–H groups in total. The number of carboxylic acids is 1. The number of benzene rings is 1. The summed E-state index contributed by atoms with van der Waals surface area (Å²) in [6, 6.07) is 4.33. The van der Waals surface area contributed by atoms with Gasteiger partial charge in [0.05, 0.1) is 10.0 Å². The molecule has 1 heterocycles. The van der Waals surface area contributed by atoms with Gasteiger partial charge in [-0.25, -0.2) is 4.79 Å². The fraction of sp³-hybridized carbons (Fsp3) is 0.333. The van der Waals surface area contributed by atoms with Crippen molar-refractivity contribution in [2.45, 2.75) is 25.4 Å². The molecule has 0 saturated carbocycles. The van der Waals surface area contributed by atoms with Crippen LogP contribution in [-0.2, 0) is 16.1 Å². The lowest BCUT2D eigenvalue weighted by Crippen LogP contribution is -2.37. The maximum absolute atomic E-state index is 11.7. The van der Waals surface area contributed by atoms with Gasteiger partial charge in [-0.15, -0.1) is 0 Å². The Morgan fingerprint density at radius 3 is 2.83 bits per heavy atom.